The van der Waals surface area contributed by atoms with Gasteiger partial charge in [0.2, 0.25) is 11.8 Å². The number of carbonyl (C=O) groups excluding carboxylic acids is 2. The molecule has 1 N–H and O–H groups in total. The molecule has 2 unspecified atom stereocenters. The molecule has 8 heteroatoms. The minimum atomic E-state index is -0.762. The second-order valence-corrected chi connectivity index (χ2v) is 8.36. The van der Waals surface area contributed by atoms with Crippen LogP contribution in [0.2, 0.25) is 0 Å². The summed E-state index contributed by atoms with van der Waals surface area (Å²) in [6.07, 6.45) is 7.15. The Labute approximate surface area is 180 Å². The van der Waals surface area contributed by atoms with Crippen LogP contribution in [0.25, 0.3) is 0 Å². The highest BCUT2D eigenvalue weighted by molar-refractivity contribution is 6.03. The van der Waals surface area contributed by atoms with Crippen molar-refractivity contribution in [2.24, 2.45) is 11.8 Å². The molecule has 2 saturated heterocycles. The number of hydrogen-bond acceptors (Lipinski definition) is 6. The molecule has 2 fully saturated rings. The predicted octanol–water partition coefficient (Wildman–Crippen LogP) is 0.956. The average molecular weight is 420 g/mol. The van der Waals surface area contributed by atoms with E-state index in [1.165, 1.54) is 6.33 Å². The number of benzene rings is 1. The third-order valence-electron chi connectivity index (χ3n) is 6.45. The normalized spacial score (nSPS) is 28.3. The fraction of sp³-hybridized carbons (Fsp3) is 0.391. The lowest BCUT2D eigenvalue weighted by molar-refractivity contribution is -0.139. The number of ether oxygens (including phenoxy) is 1. The van der Waals surface area contributed by atoms with E-state index in [2.05, 4.69) is 9.97 Å². The van der Waals surface area contributed by atoms with Crippen molar-refractivity contribution in [3.05, 3.63) is 66.3 Å². The van der Waals surface area contributed by atoms with Gasteiger partial charge >= 0.3 is 0 Å². The number of fused-ring (bicyclic) bond motifs is 1. The molecule has 0 saturated carbocycles. The first-order valence-electron chi connectivity index (χ1n) is 10.4. The summed E-state index contributed by atoms with van der Waals surface area (Å²) in [4.78, 5) is 38.2. The van der Waals surface area contributed by atoms with Crippen molar-refractivity contribution in [1.29, 1.82) is 0 Å². The fourth-order valence-electron chi connectivity index (χ4n) is 4.96. The smallest absolute Gasteiger partial charge is 0.234 e. The topological polar surface area (TPSA) is 95.9 Å². The molecule has 1 aromatic carbocycles. The summed E-state index contributed by atoms with van der Waals surface area (Å²) < 4.78 is 6.22. The van der Waals surface area contributed by atoms with Crippen molar-refractivity contribution in [2.75, 3.05) is 25.1 Å². The van der Waals surface area contributed by atoms with Gasteiger partial charge in [0.25, 0.3) is 0 Å². The van der Waals surface area contributed by atoms with Crippen molar-refractivity contribution in [2.45, 2.75) is 24.7 Å². The van der Waals surface area contributed by atoms with E-state index < -0.39 is 17.4 Å². The van der Waals surface area contributed by atoms with Gasteiger partial charge < -0.3 is 19.6 Å². The Morgan fingerprint density at radius 3 is 2.84 bits per heavy atom. The van der Waals surface area contributed by atoms with Crippen molar-refractivity contribution in [3.63, 3.8) is 0 Å². The highest BCUT2D eigenvalue weighted by atomic mass is 16.5. The van der Waals surface area contributed by atoms with Gasteiger partial charge in [-0.2, -0.15) is 0 Å². The number of rotatable bonds is 6. The molecule has 3 aliphatic heterocycles. The molecule has 8 nitrogen and oxygen atoms in total. The summed E-state index contributed by atoms with van der Waals surface area (Å²) >= 11 is 0. The van der Waals surface area contributed by atoms with Gasteiger partial charge in [-0.25, -0.2) is 9.97 Å². The maximum atomic E-state index is 13.5. The average Bonchev–Trinajstić information content (AvgIpc) is 3.43. The molecule has 3 aliphatic rings. The van der Waals surface area contributed by atoms with Crippen LogP contribution in [0.4, 0.5) is 5.69 Å². The molecule has 2 amide bonds. The second-order valence-electron chi connectivity index (χ2n) is 8.36. The molecule has 1 spiro atoms. The van der Waals surface area contributed by atoms with Gasteiger partial charge in [-0.15, -0.1) is 0 Å². The van der Waals surface area contributed by atoms with Crippen LogP contribution >= 0.6 is 0 Å². The maximum Gasteiger partial charge on any atom is 0.234 e. The van der Waals surface area contributed by atoms with Crippen LogP contribution in [-0.4, -0.2) is 63.7 Å². The van der Waals surface area contributed by atoms with Gasteiger partial charge in [-0.05, 0) is 30.2 Å². The van der Waals surface area contributed by atoms with E-state index in [-0.39, 0.29) is 24.5 Å². The minimum Gasteiger partial charge on any atom is -0.396 e. The predicted molar refractivity (Wildman–Crippen MR) is 112 cm³/mol. The second kappa shape index (κ2) is 7.55. The Balaban J connectivity index is 1.38. The van der Waals surface area contributed by atoms with E-state index >= 15 is 0 Å². The van der Waals surface area contributed by atoms with E-state index in [4.69, 9.17) is 9.84 Å². The molecule has 0 radical (unpaired) electrons. The van der Waals surface area contributed by atoms with Crippen LogP contribution in [0.1, 0.15) is 11.3 Å². The molecule has 4 atom stereocenters. The van der Waals surface area contributed by atoms with E-state index in [1.54, 1.807) is 29.1 Å². The number of anilines is 1. The highest BCUT2D eigenvalue weighted by Gasteiger charge is 2.67. The van der Waals surface area contributed by atoms with Gasteiger partial charge in [0.05, 0.1) is 36.7 Å². The number of nitrogens with zero attached hydrogens (tertiary/aromatic N) is 4. The van der Waals surface area contributed by atoms with Crippen LogP contribution in [0.5, 0.6) is 0 Å². The van der Waals surface area contributed by atoms with Crippen molar-refractivity contribution >= 4 is 17.5 Å². The van der Waals surface area contributed by atoms with Crippen LogP contribution in [0.15, 0.2) is 55.0 Å². The largest absolute Gasteiger partial charge is 0.396 e. The van der Waals surface area contributed by atoms with Gasteiger partial charge in [-0.3, -0.25) is 9.59 Å². The molecule has 0 aliphatic carbocycles. The first-order chi connectivity index (χ1) is 15.0. The zero-order valence-electron chi connectivity index (χ0n) is 17.2. The molecule has 5 rings (SSSR count). The lowest BCUT2D eigenvalue weighted by Crippen LogP contribution is -2.44. The van der Waals surface area contributed by atoms with Crippen molar-refractivity contribution in [3.8, 4) is 0 Å². The molecular weight excluding hydrogens is 396 g/mol. The molecule has 4 heterocycles. The number of hydrogen-bond donors (Lipinski definition) is 1. The maximum absolute atomic E-state index is 13.5. The third-order valence-corrected chi connectivity index (χ3v) is 6.45. The summed E-state index contributed by atoms with van der Waals surface area (Å²) in [6.45, 7) is 0.819. The third kappa shape index (κ3) is 3.23. The number of carbonyl (C=O) groups is 2. The van der Waals surface area contributed by atoms with E-state index in [0.29, 0.717) is 19.5 Å². The Hall–Kier alpha value is -3.10. The molecule has 31 heavy (non-hydrogen) atoms. The Morgan fingerprint density at radius 2 is 2.13 bits per heavy atom. The first-order valence-corrected chi connectivity index (χ1v) is 10.4. The van der Waals surface area contributed by atoms with Crippen molar-refractivity contribution < 1.29 is 19.4 Å². The zero-order valence-corrected chi connectivity index (χ0v) is 17.2. The zero-order chi connectivity index (χ0) is 21.6. The number of aliphatic hydroxyl groups excluding tert-OH is 1. The minimum absolute atomic E-state index is 0.0829. The van der Waals surface area contributed by atoms with Gasteiger partial charge in [0.15, 0.2) is 0 Å². The number of aliphatic hydroxyl groups is 1. The van der Waals surface area contributed by atoms with E-state index in [0.717, 1.165) is 16.9 Å². The molecule has 2 bridgehead atoms. The van der Waals surface area contributed by atoms with Gasteiger partial charge in [-0.1, -0.05) is 24.3 Å². The van der Waals surface area contributed by atoms with Gasteiger partial charge in [0.1, 0.15) is 11.9 Å². The van der Waals surface area contributed by atoms with Crippen LogP contribution in [-0.2, 0) is 27.3 Å². The summed E-state index contributed by atoms with van der Waals surface area (Å²) in [7, 11) is 1.73. The quantitative estimate of drug-likeness (QED) is 0.700. The highest BCUT2D eigenvalue weighted by Crippen LogP contribution is 2.53. The van der Waals surface area contributed by atoms with Gasteiger partial charge in [0, 0.05) is 25.5 Å². The molecule has 1 aromatic heterocycles. The number of amides is 2. The van der Waals surface area contributed by atoms with Crippen LogP contribution in [0.3, 0.4) is 0 Å². The fourth-order valence-corrected chi connectivity index (χ4v) is 4.96. The summed E-state index contributed by atoms with van der Waals surface area (Å²) in [5.41, 5.74) is 1.76. The summed E-state index contributed by atoms with van der Waals surface area (Å²) in [5, 5.41) is 9.11. The summed E-state index contributed by atoms with van der Waals surface area (Å²) in [6, 6.07) is 9.36. The Kier molecular flexibility index (Phi) is 4.83. The molecule has 160 valence electrons. The molecule has 2 aromatic rings. The lowest BCUT2D eigenvalue weighted by atomic mass is 9.76. The van der Waals surface area contributed by atoms with Crippen molar-refractivity contribution in [1.82, 2.24) is 14.9 Å². The Bertz CT molecular complexity index is 1030. The van der Waals surface area contributed by atoms with Crippen LogP contribution < -0.4 is 4.90 Å². The standard InChI is InChI=1S/C23H24N4O4/c1-26(12-16-7-10-24-14-25-16)21(29)19-18-6-9-23(31-18)13-27(22(30)20(19)23)17-4-2-15(3-5-17)8-11-28/h2-7,9-10,14,18-20,28H,8,11-13H2,1H3/t18-,19?,20?,23-/m0/s1. The SMILES string of the molecule is CN(Cc1ccncn1)C(=O)C1C2C(=O)N(c3ccc(CCO)cc3)C[C@@]23C=C[C@@H]1O3. The van der Waals surface area contributed by atoms with E-state index in [9.17, 15) is 9.59 Å². The summed E-state index contributed by atoms with van der Waals surface area (Å²) in [5.74, 6) is -1.30. The molecular formula is C23H24N4O4. The van der Waals surface area contributed by atoms with E-state index in [1.807, 2.05) is 36.4 Å². The Morgan fingerprint density at radius 1 is 1.32 bits per heavy atom. The number of aromatic nitrogens is 2. The monoisotopic (exact) mass is 420 g/mol. The van der Waals surface area contributed by atoms with Crippen LogP contribution in [0, 0.1) is 11.8 Å². The lowest BCUT2D eigenvalue weighted by Gasteiger charge is -2.27. The first kappa shape index (κ1) is 19.8.